The molecule has 5 heteroatoms. The van der Waals surface area contributed by atoms with Gasteiger partial charge in [0.1, 0.15) is 11.6 Å². The van der Waals surface area contributed by atoms with E-state index in [2.05, 4.69) is 10.4 Å². The number of hydrogen-bond acceptors (Lipinski definition) is 2. The Kier molecular flexibility index (Phi) is 4.27. The van der Waals surface area contributed by atoms with E-state index in [1.54, 1.807) is 17.9 Å². The summed E-state index contributed by atoms with van der Waals surface area (Å²) < 4.78 is 28.4. The highest BCUT2D eigenvalue weighted by atomic mass is 19.1. The molecule has 0 radical (unpaired) electrons. The average Bonchev–Trinajstić information content (AvgIpc) is 2.78. The van der Waals surface area contributed by atoms with Crippen molar-refractivity contribution in [1.82, 2.24) is 15.1 Å². The Balaban J connectivity index is 2.10. The number of nitrogens with one attached hydrogen (secondary N) is 1. The van der Waals surface area contributed by atoms with E-state index < -0.39 is 11.6 Å². The fourth-order valence-corrected chi connectivity index (χ4v) is 2.18. The van der Waals surface area contributed by atoms with Crippen LogP contribution in [-0.2, 0) is 13.5 Å². The number of hydrogen-bond donors (Lipinski definition) is 1. The van der Waals surface area contributed by atoms with Crippen LogP contribution in [0.3, 0.4) is 0 Å². The summed E-state index contributed by atoms with van der Waals surface area (Å²) >= 11 is 0. The number of benzene rings is 1. The molecule has 102 valence electrons. The van der Waals surface area contributed by atoms with Gasteiger partial charge in [0.15, 0.2) is 0 Å². The summed E-state index contributed by atoms with van der Waals surface area (Å²) in [5, 5.41) is 7.16. The van der Waals surface area contributed by atoms with Crippen molar-refractivity contribution in [2.45, 2.75) is 18.9 Å². The van der Waals surface area contributed by atoms with Crippen LogP contribution in [0, 0.1) is 11.6 Å². The molecule has 1 unspecified atom stereocenters. The van der Waals surface area contributed by atoms with E-state index >= 15 is 0 Å². The minimum Gasteiger partial charge on any atom is -0.313 e. The normalized spacial score (nSPS) is 12.6. The lowest BCUT2D eigenvalue weighted by atomic mass is 10.0. The van der Waals surface area contributed by atoms with Crippen LogP contribution in [-0.4, -0.2) is 16.8 Å². The van der Waals surface area contributed by atoms with E-state index in [9.17, 15) is 8.78 Å². The third-order valence-electron chi connectivity index (χ3n) is 3.30. The number of aromatic nitrogens is 2. The highest BCUT2D eigenvalue weighted by Crippen LogP contribution is 2.22. The summed E-state index contributed by atoms with van der Waals surface area (Å²) in [7, 11) is 3.65. The molecule has 0 spiro atoms. The Hall–Kier alpha value is -1.75. The second-order valence-electron chi connectivity index (χ2n) is 4.49. The van der Waals surface area contributed by atoms with Crippen LogP contribution in [0.4, 0.5) is 8.78 Å². The van der Waals surface area contributed by atoms with Gasteiger partial charge < -0.3 is 5.32 Å². The zero-order valence-electron chi connectivity index (χ0n) is 11.0. The Morgan fingerprint density at radius 2 is 2.11 bits per heavy atom. The summed E-state index contributed by atoms with van der Waals surface area (Å²) in [6.07, 6.45) is 3.24. The third kappa shape index (κ3) is 3.17. The fraction of sp³-hybridized carbons (Fsp3) is 0.357. The molecule has 1 aromatic carbocycles. The zero-order chi connectivity index (χ0) is 13.8. The molecule has 0 saturated carbocycles. The maximum atomic E-state index is 13.7. The molecule has 1 N–H and O–H groups in total. The maximum Gasteiger partial charge on any atom is 0.130 e. The van der Waals surface area contributed by atoms with Crippen molar-refractivity contribution in [2.24, 2.45) is 7.05 Å². The molecule has 0 saturated heterocycles. The Labute approximate surface area is 111 Å². The lowest BCUT2D eigenvalue weighted by molar-refractivity contribution is 0.495. The predicted octanol–water partition coefficient (Wildman–Crippen LogP) is 2.59. The SMILES string of the molecule is CNC(CCc1ccnn1C)c1ccc(F)cc1F. The summed E-state index contributed by atoms with van der Waals surface area (Å²) in [6.45, 7) is 0. The molecule has 0 fully saturated rings. The Morgan fingerprint density at radius 3 is 2.68 bits per heavy atom. The fourth-order valence-electron chi connectivity index (χ4n) is 2.18. The van der Waals surface area contributed by atoms with E-state index in [1.807, 2.05) is 13.1 Å². The van der Waals surface area contributed by atoms with Crippen molar-refractivity contribution in [3.8, 4) is 0 Å². The van der Waals surface area contributed by atoms with Crippen LogP contribution in [0.2, 0.25) is 0 Å². The van der Waals surface area contributed by atoms with Gasteiger partial charge in [-0.1, -0.05) is 6.07 Å². The first kappa shape index (κ1) is 13.7. The first-order valence-corrected chi connectivity index (χ1v) is 6.21. The van der Waals surface area contributed by atoms with Gasteiger partial charge in [0.2, 0.25) is 0 Å². The molecule has 1 atom stereocenters. The minimum absolute atomic E-state index is 0.143. The summed E-state index contributed by atoms with van der Waals surface area (Å²) in [4.78, 5) is 0. The molecule has 2 rings (SSSR count). The van der Waals surface area contributed by atoms with Gasteiger partial charge in [-0.05, 0) is 32.0 Å². The van der Waals surface area contributed by atoms with Gasteiger partial charge >= 0.3 is 0 Å². The van der Waals surface area contributed by atoms with Crippen molar-refractivity contribution < 1.29 is 8.78 Å². The average molecular weight is 265 g/mol. The number of nitrogens with zero attached hydrogens (tertiary/aromatic N) is 2. The molecule has 1 heterocycles. The molecule has 0 aliphatic heterocycles. The van der Waals surface area contributed by atoms with Crippen molar-refractivity contribution >= 4 is 0 Å². The molecule has 0 aliphatic carbocycles. The number of aryl methyl sites for hydroxylation is 2. The predicted molar refractivity (Wildman–Crippen MR) is 69.7 cm³/mol. The second kappa shape index (κ2) is 5.93. The van der Waals surface area contributed by atoms with Gasteiger partial charge in [0, 0.05) is 36.6 Å². The third-order valence-corrected chi connectivity index (χ3v) is 3.30. The van der Waals surface area contributed by atoms with Crippen LogP contribution in [0.5, 0.6) is 0 Å². The topological polar surface area (TPSA) is 29.9 Å². The molecule has 0 aliphatic rings. The number of rotatable bonds is 5. The van der Waals surface area contributed by atoms with E-state index in [4.69, 9.17) is 0 Å². The summed E-state index contributed by atoms with van der Waals surface area (Å²) in [5.74, 6) is -1.06. The van der Waals surface area contributed by atoms with E-state index in [0.29, 0.717) is 5.56 Å². The number of halogens is 2. The second-order valence-corrected chi connectivity index (χ2v) is 4.49. The Morgan fingerprint density at radius 1 is 1.32 bits per heavy atom. The molecule has 1 aromatic heterocycles. The van der Waals surface area contributed by atoms with Crippen LogP contribution in [0.15, 0.2) is 30.5 Å². The van der Waals surface area contributed by atoms with Crippen LogP contribution < -0.4 is 5.32 Å². The smallest absolute Gasteiger partial charge is 0.130 e. The molecule has 0 bridgehead atoms. The highest BCUT2D eigenvalue weighted by Gasteiger charge is 2.15. The first-order valence-electron chi connectivity index (χ1n) is 6.21. The first-order chi connectivity index (χ1) is 9.11. The summed E-state index contributed by atoms with van der Waals surface area (Å²) in [5.41, 5.74) is 1.58. The van der Waals surface area contributed by atoms with E-state index in [1.165, 1.54) is 12.1 Å². The molecule has 3 nitrogen and oxygen atoms in total. The van der Waals surface area contributed by atoms with Crippen molar-refractivity contribution in [2.75, 3.05) is 7.05 Å². The highest BCUT2D eigenvalue weighted by molar-refractivity contribution is 5.22. The molecular weight excluding hydrogens is 248 g/mol. The summed E-state index contributed by atoms with van der Waals surface area (Å²) in [6, 6.07) is 5.50. The van der Waals surface area contributed by atoms with Crippen molar-refractivity contribution in [3.05, 3.63) is 53.4 Å². The lowest BCUT2D eigenvalue weighted by Gasteiger charge is -2.17. The molecule has 19 heavy (non-hydrogen) atoms. The van der Waals surface area contributed by atoms with E-state index in [-0.39, 0.29) is 6.04 Å². The molecule has 0 amide bonds. The van der Waals surface area contributed by atoms with Gasteiger partial charge in [-0.3, -0.25) is 4.68 Å². The standard InChI is InChI=1S/C14H17F2N3/c1-17-14(6-4-11-7-8-18-19(11)2)12-5-3-10(15)9-13(12)16/h3,5,7-9,14,17H,4,6H2,1-2H3. The van der Waals surface area contributed by atoms with Crippen LogP contribution in [0.1, 0.15) is 23.7 Å². The van der Waals surface area contributed by atoms with Crippen LogP contribution in [0.25, 0.3) is 0 Å². The lowest BCUT2D eigenvalue weighted by Crippen LogP contribution is -2.19. The van der Waals surface area contributed by atoms with Gasteiger partial charge in [-0.2, -0.15) is 5.10 Å². The van der Waals surface area contributed by atoms with Crippen molar-refractivity contribution in [3.63, 3.8) is 0 Å². The molecule has 2 aromatic rings. The van der Waals surface area contributed by atoms with Gasteiger partial charge in [-0.25, -0.2) is 8.78 Å². The quantitative estimate of drug-likeness (QED) is 0.900. The van der Waals surface area contributed by atoms with Crippen LogP contribution >= 0.6 is 0 Å². The Bertz CT molecular complexity index is 551. The minimum atomic E-state index is -0.553. The van der Waals surface area contributed by atoms with Gasteiger partial charge in [0.05, 0.1) is 0 Å². The van der Waals surface area contributed by atoms with Gasteiger partial charge in [0.25, 0.3) is 0 Å². The monoisotopic (exact) mass is 265 g/mol. The zero-order valence-corrected chi connectivity index (χ0v) is 11.0. The van der Waals surface area contributed by atoms with Crippen molar-refractivity contribution in [1.29, 1.82) is 0 Å². The largest absolute Gasteiger partial charge is 0.313 e. The van der Waals surface area contributed by atoms with E-state index in [0.717, 1.165) is 24.6 Å². The van der Waals surface area contributed by atoms with Gasteiger partial charge in [-0.15, -0.1) is 0 Å². The maximum absolute atomic E-state index is 13.7. The molecular formula is C14H17F2N3.